The van der Waals surface area contributed by atoms with Gasteiger partial charge in [0.25, 0.3) is 0 Å². The standard InChI is InChI=1S/C16H13N2Si.Ir/c1-19-14-8-4-7-12-11-5-2-3-6-13(11)16-17-9-10-18(16)15(12)14;/h2-5,7-10H,19H2,1H3;/q-1;. The molecule has 0 fully saturated rings. The van der Waals surface area contributed by atoms with Crippen molar-refractivity contribution in [2.45, 2.75) is 6.55 Å². The molecule has 1 radical (unpaired) electrons. The minimum absolute atomic E-state index is 0. The monoisotopic (exact) mass is 454 g/mol. The van der Waals surface area contributed by atoms with Crippen LogP contribution in [0.2, 0.25) is 6.55 Å². The van der Waals surface area contributed by atoms with Crippen molar-refractivity contribution in [2.24, 2.45) is 0 Å². The zero-order valence-electron chi connectivity index (χ0n) is 11.1. The van der Waals surface area contributed by atoms with E-state index < -0.39 is 0 Å². The van der Waals surface area contributed by atoms with Gasteiger partial charge >= 0.3 is 0 Å². The number of fused-ring (bicyclic) bond motifs is 6. The predicted octanol–water partition coefficient (Wildman–Crippen LogP) is 2.28. The van der Waals surface area contributed by atoms with E-state index in [-0.39, 0.29) is 29.6 Å². The van der Waals surface area contributed by atoms with Crippen LogP contribution >= 0.6 is 0 Å². The Morgan fingerprint density at radius 1 is 1.15 bits per heavy atom. The van der Waals surface area contributed by atoms with E-state index in [0.717, 1.165) is 11.0 Å². The Labute approximate surface area is 133 Å². The van der Waals surface area contributed by atoms with Crippen molar-refractivity contribution in [3.63, 3.8) is 0 Å². The molecule has 101 valence electrons. The van der Waals surface area contributed by atoms with Gasteiger partial charge in [-0.25, -0.2) is 0 Å². The SMILES string of the molecule is C[SiH2]c1cccc2c3ccc[c-]c3c3nccn3c12.[Ir]. The molecule has 20 heavy (non-hydrogen) atoms. The summed E-state index contributed by atoms with van der Waals surface area (Å²) in [7, 11) is -0.222. The first kappa shape index (κ1) is 13.5. The average molecular weight is 454 g/mol. The quantitative estimate of drug-likeness (QED) is 0.246. The van der Waals surface area contributed by atoms with Gasteiger partial charge in [-0.1, -0.05) is 30.1 Å². The number of rotatable bonds is 1. The number of aromatic nitrogens is 2. The van der Waals surface area contributed by atoms with Crippen LogP contribution in [-0.4, -0.2) is 18.9 Å². The van der Waals surface area contributed by atoms with Gasteiger partial charge in [-0.2, -0.15) is 0 Å². The Morgan fingerprint density at radius 3 is 2.85 bits per heavy atom. The second-order valence-electron chi connectivity index (χ2n) is 4.75. The molecule has 0 saturated heterocycles. The molecule has 4 rings (SSSR count). The molecule has 2 nitrogen and oxygen atoms in total. The summed E-state index contributed by atoms with van der Waals surface area (Å²) in [4.78, 5) is 4.52. The van der Waals surface area contributed by atoms with Crippen molar-refractivity contribution < 1.29 is 20.1 Å². The summed E-state index contributed by atoms with van der Waals surface area (Å²) in [5.74, 6) is 0. The molecule has 4 aromatic rings. The summed E-state index contributed by atoms with van der Waals surface area (Å²) < 4.78 is 2.22. The molecule has 2 heterocycles. The topological polar surface area (TPSA) is 17.3 Å². The molecule has 4 heteroatoms. The first-order chi connectivity index (χ1) is 9.40. The molecular formula is C16H13IrN2Si-. The van der Waals surface area contributed by atoms with Gasteiger partial charge in [-0.15, -0.1) is 29.7 Å². The van der Waals surface area contributed by atoms with Gasteiger partial charge in [0.05, 0.1) is 15.2 Å². The molecule has 0 aliphatic heterocycles. The number of para-hydroxylation sites is 1. The number of nitrogens with zero attached hydrogens (tertiary/aromatic N) is 2. The number of imidazole rings is 1. The summed E-state index contributed by atoms with van der Waals surface area (Å²) in [6.07, 6.45) is 3.94. The van der Waals surface area contributed by atoms with Crippen molar-refractivity contribution in [2.75, 3.05) is 0 Å². The van der Waals surface area contributed by atoms with Crippen LogP contribution in [-0.2, 0) is 20.1 Å². The largest absolute Gasteiger partial charge is 0.340 e. The number of hydrogen-bond acceptors (Lipinski definition) is 1. The Bertz CT molecular complexity index is 914. The Balaban J connectivity index is 0.00000121. The zero-order valence-corrected chi connectivity index (χ0v) is 14.9. The second kappa shape index (κ2) is 5.13. The fraction of sp³-hybridized carbons (Fsp3) is 0.0625. The van der Waals surface area contributed by atoms with E-state index in [1.165, 1.54) is 21.5 Å². The maximum absolute atomic E-state index is 4.52. The summed E-state index contributed by atoms with van der Waals surface area (Å²) >= 11 is 0. The Kier molecular flexibility index (Phi) is 3.46. The smallest absolute Gasteiger partial charge is 0.0608 e. The third-order valence-corrected chi connectivity index (χ3v) is 5.08. The number of hydrogen-bond donors (Lipinski definition) is 0. The molecular weight excluding hydrogens is 440 g/mol. The van der Waals surface area contributed by atoms with Crippen LogP contribution in [0.15, 0.2) is 48.8 Å². The van der Waals surface area contributed by atoms with E-state index in [9.17, 15) is 0 Å². The van der Waals surface area contributed by atoms with Gasteiger partial charge < -0.3 is 4.40 Å². The van der Waals surface area contributed by atoms with Crippen LogP contribution in [0.3, 0.4) is 0 Å². The predicted molar refractivity (Wildman–Crippen MR) is 83.1 cm³/mol. The minimum atomic E-state index is -0.222. The molecule has 2 aromatic carbocycles. The average Bonchev–Trinajstić information content (AvgIpc) is 2.96. The van der Waals surface area contributed by atoms with E-state index >= 15 is 0 Å². The maximum Gasteiger partial charge on any atom is 0.0608 e. The van der Waals surface area contributed by atoms with Crippen molar-refractivity contribution in [3.05, 3.63) is 54.9 Å². The molecule has 0 aliphatic carbocycles. The Morgan fingerprint density at radius 2 is 2.00 bits per heavy atom. The van der Waals surface area contributed by atoms with Crippen molar-refractivity contribution >= 4 is 42.0 Å². The van der Waals surface area contributed by atoms with Gasteiger partial charge in [0.1, 0.15) is 0 Å². The first-order valence-electron chi connectivity index (χ1n) is 6.57. The second-order valence-corrected chi connectivity index (χ2v) is 6.22. The van der Waals surface area contributed by atoms with Gasteiger partial charge in [-0.3, -0.25) is 4.98 Å². The molecule has 0 amide bonds. The minimum Gasteiger partial charge on any atom is -0.340 e. The van der Waals surface area contributed by atoms with Crippen LogP contribution in [0.1, 0.15) is 0 Å². The molecule has 2 aromatic heterocycles. The van der Waals surface area contributed by atoms with Crippen LogP contribution in [0.4, 0.5) is 0 Å². The van der Waals surface area contributed by atoms with Crippen LogP contribution in [0.25, 0.3) is 27.3 Å². The summed E-state index contributed by atoms with van der Waals surface area (Å²) in [5, 5.41) is 5.16. The Hall–Kier alpha value is -1.48. The molecule has 0 bridgehead atoms. The van der Waals surface area contributed by atoms with Crippen molar-refractivity contribution in [1.82, 2.24) is 9.38 Å². The van der Waals surface area contributed by atoms with Gasteiger partial charge in [0, 0.05) is 38.0 Å². The third kappa shape index (κ3) is 1.76. The van der Waals surface area contributed by atoms with Crippen molar-refractivity contribution in [3.8, 4) is 0 Å². The van der Waals surface area contributed by atoms with Gasteiger partial charge in [0.2, 0.25) is 0 Å². The number of benzene rings is 2. The summed E-state index contributed by atoms with van der Waals surface area (Å²) in [6, 6.07) is 16.2. The van der Waals surface area contributed by atoms with E-state index in [2.05, 4.69) is 58.5 Å². The molecule has 0 N–H and O–H groups in total. The summed E-state index contributed by atoms with van der Waals surface area (Å²) in [6.45, 7) is 2.33. The third-order valence-electron chi connectivity index (χ3n) is 3.75. The van der Waals surface area contributed by atoms with Gasteiger partial charge in [-0.05, 0) is 10.6 Å². The van der Waals surface area contributed by atoms with E-state index in [4.69, 9.17) is 0 Å². The molecule has 0 unspecified atom stereocenters. The molecule has 0 spiro atoms. The van der Waals surface area contributed by atoms with Crippen LogP contribution in [0, 0.1) is 6.07 Å². The van der Waals surface area contributed by atoms with E-state index in [1.807, 2.05) is 12.3 Å². The number of pyridine rings is 1. The maximum atomic E-state index is 4.52. The fourth-order valence-electron chi connectivity index (χ4n) is 2.89. The van der Waals surface area contributed by atoms with Crippen molar-refractivity contribution in [1.29, 1.82) is 0 Å². The first-order valence-corrected chi connectivity index (χ1v) is 8.69. The van der Waals surface area contributed by atoms with E-state index in [0.29, 0.717) is 0 Å². The van der Waals surface area contributed by atoms with E-state index in [1.54, 1.807) is 0 Å². The normalized spacial score (nSPS) is 11.7. The summed E-state index contributed by atoms with van der Waals surface area (Å²) in [5.41, 5.74) is 2.34. The van der Waals surface area contributed by atoms with Crippen LogP contribution in [0.5, 0.6) is 0 Å². The zero-order chi connectivity index (χ0) is 12.8. The molecule has 0 aliphatic rings. The molecule has 0 saturated carbocycles. The fourth-order valence-corrected chi connectivity index (χ4v) is 3.96. The van der Waals surface area contributed by atoms with Crippen LogP contribution < -0.4 is 5.19 Å². The van der Waals surface area contributed by atoms with Gasteiger partial charge in [0.15, 0.2) is 0 Å². The molecule has 0 atom stereocenters.